The lowest BCUT2D eigenvalue weighted by Crippen LogP contribution is -2.31. The second-order valence-corrected chi connectivity index (χ2v) is 9.67. The molecule has 41 heavy (non-hydrogen) atoms. The number of nitrogens with zero attached hydrogens (tertiary/aromatic N) is 6. The van der Waals surface area contributed by atoms with E-state index in [-0.39, 0.29) is 48.2 Å². The highest BCUT2D eigenvalue weighted by atomic mass is 19.4. The van der Waals surface area contributed by atoms with Crippen LogP contribution in [-0.4, -0.2) is 32.7 Å². The number of benzene rings is 2. The summed E-state index contributed by atoms with van der Waals surface area (Å²) in [6, 6.07) is 2.25. The Labute approximate surface area is 227 Å². The van der Waals surface area contributed by atoms with Crippen LogP contribution in [0.5, 0.6) is 0 Å². The summed E-state index contributed by atoms with van der Waals surface area (Å²) in [5.74, 6) is -0.719. The van der Waals surface area contributed by atoms with E-state index in [4.69, 9.17) is 0 Å². The molecule has 4 rings (SSSR count). The molecule has 1 aliphatic rings. The van der Waals surface area contributed by atoms with Gasteiger partial charge < -0.3 is 9.80 Å². The largest absolute Gasteiger partial charge is 0.416 e. The summed E-state index contributed by atoms with van der Waals surface area (Å²) < 4.78 is 123. The molecular formula is C25H23F9N6O. The van der Waals surface area contributed by atoms with Crippen LogP contribution in [0.25, 0.3) is 0 Å². The third kappa shape index (κ3) is 6.40. The highest BCUT2D eigenvalue weighted by Gasteiger charge is 2.39. The van der Waals surface area contributed by atoms with Crippen LogP contribution in [-0.2, 0) is 36.9 Å². The maximum absolute atomic E-state index is 13.8. The van der Waals surface area contributed by atoms with Crippen molar-refractivity contribution in [2.75, 3.05) is 16.3 Å². The van der Waals surface area contributed by atoms with E-state index in [9.17, 15) is 44.3 Å². The van der Waals surface area contributed by atoms with E-state index in [0.717, 1.165) is 10.9 Å². The van der Waals surface area contributed by atoms with Crippen molar-refractivity contribution in [3.8, 4) is 0 Å². The molecule has 0 spiro atoms. The van der Waals surface area contributed by atoms with Crippen molar-refractivity contribution in [3.63, 3.8) is 0 Å². The minimum atomic E-state index is -5.09. The van der Waals surface area contributed by atoms with E-state index in [1.165, 1.54) is 36.8 Å². The SMILES string of the molecule is CC(=O)N1CCC[C@H](N(Cc2cc(C(F)(F)F)cc(C(F)(F)F)c2)c2nnn(C)n2)c2cc(C)c(C(F)(F)F)cc21. The quantitative estimate of drug-likeness (QED) is 0.324. The predicted molar refractivity (Wildman–Crippen MR) is 128 cm³/mol. The molecule has 7 nitrogen and oxygen atoms in total. The summed E-state index contributed by atoms with van der Waals surface area (Å²) in [6.45, 7) is 1.85. The fraction of sp³-hybridized carbons (Fsp3) is 0.440. The molecule has 222 valence electrons. The third-order valence-electron chi connectivity index (χ3n) is 6.70. The Balaban J connectivity index is 1.92. The normalized spacial score (nSPS) is 16.4. The maximum atomic E-state index is 13.8. The first-order valence-electron chi connectivity index (χ1n) is 12.1. The van der Waals surface area contributed by atoms with Crippen LogP contribution in [0.2, 0.25) is 0 Å². The molecule has 0 saturated heterocycles. The molecule has 2 aromatic carbocycles. The van der Waals surface area contributed by atoms with Crippen LogP contribution in [0.3, 0.4) is 0 Å². The van der Waals surface area contributed by atoms with Crippen LogP contribution >= 0.6 is 0 Å². The minimum absolute atomic E-state index is 0.00211. The first kappa shape index (κ1) is 30.1. The highest BCUT2D eigenvalue weighted by molar-refractivity contribution is 5.93. The van der Waals surface area contributed by atoms with Gasteiger partial charge in [-0.2, -0.15) is 44.3 Å². The van der Waals surface area contributed by atoms with E-state index in [0.29, 0.717) is 12.1 Å². The van der Waals surface area contributed by atoms with E-state index in [2.05, 4.69) is 15.4 Å². The van der Waals surface area contributed by atoms with Crippen molar-refractivity contribution in [1.29, 1.82) is 0 Å². The molecule has 1 atom stereocenters. The monoisotopic (exact) mass is 594 g/mol. The first-order valence-corrected chi connectivity index (χ1v) is 12.1. The molecule has 1 aliphatic heterocycles. The maximum Gasteiger partial charge on any atom is 0.416 e. The third-order valence-corrected chi connectivity index (χ3v) is 6.70. The summed E-state index contributed by atoms with van der Waals surface area (Å²) in [5, 5.41) is 11.7. The van der Waals surface area contributed by atoms with Gasteiger partial charge in [-0.3, -0.25) is 4.79 Å². The number of amides is 1. The number of hydrogen-bond acceptors (Lipinski definition) is 5. The van der Waals surface area contributed by atoms with Gasteiger partial charge in [0, 0.05) is 25.7 Å². The number of rotatable bonds is 4. The number of aromatic nitrogens is 4. The van der Waals surface area contributed by atoms with Gasteiger partial charge in [0.25, 0.3) is 5.95 Å². The Kier molecular flexibility index (Phi) is 7.73. The topological polar surface area (TPSA) is 67.2 Å². The van der Waals surface area contributed by atoms with Gasteiger partial charge in [-0.15, -0.1) is 5.10 Å². The summed E-state index contributed by atoms with van der Waals surface area (Å²) in [7, 11) is 1.39. The summed E-state index contributed by atoms with van der Waals surface area (Å²) in [4.78, 5) is 15.9. The Hall–Kier alpha value is -3.85. The number of tetrazole rings is 1. The van der Waals surface area contributed by atoms with Crippen LogP contribution < -0.4 is 9.80 Å². The lowest BCUT2D eigenvalue weighted by atomic mass is 9.94. The second-order valence-electron chi connectivity index (χ2n) is 9.67. The highest BCUT2D eigenvalue weighted by Crippen LogP contribution is 2.44. The lowest BCUT2D eigenvalue weighted by molar-refractivity contribution is -0.143. The molecule has 0 saturated carbocycles. The Morgan fingerprint density at radius 2 is 1.56 bits per heavy atom. The number of halogens is 9. The summed E-state index contributed by atoms with van der Waals surface area (Å²) in [5.41, 5.74) is -4.48. The fourth-order valence-electron chi connectivity index (χ4n) is 4.91. The molecule has 1 amide bonds. The van der Waals surface area contributed by atoms with Gasteiger partial charge in [0.15, 0.2) is 0 Å². The van der Waals surface area contributed by atoms with E-state index in [1.807, 2.05) is 0 Å². The summed E-state index contributed by atoms with van der Waals surface area (Å²) in [6.07, 6.45) is -14.5. The number of carbonyl (C=O) groups is 1. The Bertz CT molecular complexity index is 1410. The van der Waals surface area contributed by atoms with Crippen molar-refractivity contribution in [2.45, 2.75) is 57.8 Å². The molecule has 0 fully saturated rings. The van der Waals surface area contributed by atoms with E-state index in [1.54, 1.807) is 0 Å². The van der Waals surface area contributed by atoms with Crippen LogP contribution in [0, 0.1) is 6.92 Å². The van der Waals surface area contributed by atoms with Gasteiger partial charge in [0.2, 0.25) is 5.91 Å². The molecule has 0 aliphatic carbocycles. The molecule has 0 bridgehead atoms. The van der Waals surface area contributed by atoms with E-state index >= 15 is 0 Å². The minimum Gasteiger partial charge on any atom is -0.327 e. The molecule has 1 aromatic heterocycles. The molecule has 3 aromatic rings. The number of fused-ring (bicyclic) bond motifs is 1. The van der Waals surface area contributed by atoms with Crippen molar-refractivity contribution in [3.05, 3.63) is 63.7 Å². The average molecular weight is 594 g/mol. The smallest absolute Gasteiger partial charge is 0.327 e. The predicted octanol–water partition coefficient (Wildman–Crippen LogP) is 6.47. The Morgan fingerprint density at radius 3 is 2.05 bits per heavy atom. The zero-order valence-corrected chi connectivity index (χ0v) is 21.8. The first-order chi connectivity index (χ1) is 18.9. The molecular weight excluding hydrogens is 571 g/mol. The number of alkyl halides is 9. The van der Waals surface area contributed by atoms with Crippen molar-refractivity contribution in [1.82, 2.24) is 20.2 Å². The zero-order valence-electron chi connectivity index (χ0n) is 21.8. The van der Waals surface area contributed by atoms with Gasteiger partial charge in [-0.1, -0.05) is 11.2 Å². The number of carbonyl (C=O) groups excluding carboxylic acids is 1. The molecule has 0 unspecified atom stereocenters. The van der Waals surface area contributed by atoms with Gasteiger partial charge in [-0.05, 0) is 65.9 Å². The summed E-state index contributed by atoms with van der Waals surface area (Å²) >= 11 is 0. The molecule has 0 radical (unpaired) electrons. The zero-order chi connectivity index (χ0) is 30.5. The van der Waals surface area contributed by atoms with E-state index < -0.39 is 59.3 Å². The fourth-order valence-corrected chi connectivity index (χ4v) is 4.91. The molecule has 2 heterocycles. The van der Waals surface area contributed by atoms with Crippen LogP contribution in [0.4, 0.5) is 51.1 Å². The van der Waals surface area contributed by atoms with Gasteiger partial charge >= 0.3 is 18.5 Å². The van der Waals surface area contributed by atoms with Crippen LogP contribution in [0.15, 0.2) is 30.3 Å². The van der Waals surface area contributed by atoms with Gasteiger partial charge in [-0.25, -0.2) is 0 Å². The number of hydrogen-bond donors (Lipinski definition) is 0. The van der Waals surface area contributed by atoms with Crippen molar-refractivity contribution >= 4 is 17.5 Å². The average Bonchev–Trinajstić information content (AvgIpc) is 3.18. The Morgan fingerprint density at radius 1 is 0.951 bits per heavy atom. The van der Waals surface area contributed by atoms with Crippen molar-refractivity contribution in [2.24, 2.45) is 7.05 Å². The second kappa shape index (κ2) is 10.5. The lowest BCUT2D eigenvalue weighted by Gasteiger charge is -2.33. The van der Waals surface area contributed by atoms with Crippen molar-refractivity contribution < 1.29 is 44.3 Å². The van der Waals surface area contributed by atoms with Gasteiger partial charge in [0.05, 0.1) is 29.8 Å². The number of anilines is 2. The van der Waals surface area contributed by atoms with Gasteiger partial charge in [0.1, 0.15) is 0 Å². The van der Waals surface area contributed by atoms with Crippen LogP contribution in [0.1, 0.15) is 59.2 Å². The molecule has 0 N–H and O–H groups in total. The number of aryl methyl sites for hydroxylation is 2. The molecule has 16 heteroatoms. The standard InChI is InChI=1S/C25H23F9N6O/c1-13-7-18-20(5-4-6-39(14(2)41)21(18)11-19(13)25(32,33)34)40(22-35-37-38(3)36-22)12-15-8-16(23(26,27)28)10-17(9-15)24(29,30)31/h7-11,20H,4-6,12H2,1-3H3/t20-/m0/s1.